The number of aromatic nitrogens is 2. The van der Waals surface area contributed by atoms with Crippen molar-refractivity contribution in [3.05, 3.63) is 40.7 Å². The minimum absolute atomic E-state index is 0.197. The van der Waals surface area contributed by atoms with E-state index in [1.54, 1.807) is 11.3 Å². The number of halogens is 1. The Morgan fingerprint density at radius 1 is 0.952 bits per heavy atom. The maximum atomic E-state index is 12.9. The fourth-order valence-corrected chi connectivity index (χ4v) is 3.58. The van der Waals surface area contributed by atoms with Gasteiger partial charge in [-0.05, 0) is 30.5 Å². The second-order valence-electron chi connectivity index (χ2n) is 5.54. The van der Waals surface area contributed by atoms with Crippen molar-refractivity contribution in [1.82, 2.24) is 10.2 Å². The lowest BCUT2D eigenvalue weighted by Gasteiger charge is -2.23. The normalized spacial score (nSPS) is 16.5. The zero-order chi connectivity index (χ0) is 14.5. The summed E-state index contributed by atoms with van der Waals surface area (Å²) >= 11 is 1.66. The number of hydrogen-bond donors (Lipinski definition) is 0. The average Bonchev–Trinajstić information content (AvgIpc) is 2.89. The molecule has 0 spiro atoms. The second kappa shape index (κ2) is 6.98. The van der Waals surface area contributed by atoms with Crippen LogP contribution in [0.15, 0.2) is 24.3 Å². The van der Waals surface area contributed by atoms with E-state index in [1.165, 1.54) is 44.2 Å². The van der Waals surface area contributed by atoms with Crippen molar-refractivity contribution in [3.8, 4) is 0 Å². The van der Waals surface area contributed by atoms with Crippen LogP contribution in [0, 0.1) is 5.82 Å². The third-order valence-corrected chi connectivity index (χ3v) is 4.84. The molecule has 1 fully saturated rings. The van der Waals surface area contributed by atoms with Crippen molar-refractivity contribution in [2.45, 2.75) is 38.5 Å². The lowest BCUT2D eigenvalue weighted by molar-refractivity contribution is 0.555. The monoisotopic (exact) mass is 305 g/mol. The maximum absolute atomic E-state index is 12.9. The van der Waals surface area contributed by atoms with Crippen LogP contribution in [0.25, 0.3) is 0 Å². The fourth-order valence-electron chi connectivity index (χ4n) is 2.66. The molecule has 0 N–H and O–H groups in total. The van der Waals surface area contributed by atoms with E-state index in [0.717, 1.165) is 35.2 Å². The number of anilines is 1. The van der Waals surface area contributed by atoms with Gasteiger partial charge in [0.05, 0.1) is 0 Å². The SMILES string of the molecule is Fc1ccc(Cc2nnc(N3CCCCCCC3)s2)cc1. The van der Waals surface area contributed by atoms with Crippen LogP contribution in [0.1, 0.15) is 42.7 Å². The number of nitrogens with zero attached hydrogens (tertiary/aromatic N) is 3. The summed E-state index contributed by atoms with van der Waals surface area (Å²) in [5, 5.41) is 10.7. The highest BCUT2D eigenvalue weighted by Crippen LogP contribution is 2.24. The van der Waals surface area contributed by atoms with Crippen LogP contribution in [0.4, 0.5) is 9.52 Å². The molecule has 21 heavy (non-hydrogen) atoms. The van der Waals surface area contributed by atoms with Crippen LogP contribution in [0.5, 0.6) is 0 Å². The molecule has 1 aromatic carbocycles. The Morgan fingerprint density at radius 2 is 1.62 bits per heavy atom. The smallest absolute Gasteiger partial charge is 0.208 e. The number of benzene rings is 1. The minimum Gasteiger partial charge on any atom is -0.347 e. The largest absolute Gasteiger partial charge is 0.347 e. The molecule has 0 bridgehead atoms. The van der Waals surface area contributed by atoms with E-state index in [-0.39, 0.29) is 5.82 Å². The molecule has 3 rings (SSSR count). The summed E-state index contributed by atoms with van der Waals surface area (Å²) in [6, 6.07) is 6.62. The van der Waals surface area contributed by atoms with Crippen LogP contribution in [-0.4, -0.2) is 23.3 Å². The van der Waals surface area contributed by atoms with E-state index in [1.807, 2.05) is 12.1 Å². The zero-order valence-electron chi connectivity index (χ0n) is 12.1. The first kappa shape index (κ1) is 14.4. The Kier molecular flexibility index (Phi) is 4.80. The molecule has 1 saturated heterocycles. The summed E-state index contributed by atoms with van der Waals surface area (Å²) in [7, 11) is 0. The summed E-state index contributed by atoms with van der Waals surface area (Å²) in [4.78, 5) is 2.37. The highest BCUT2D eigenvalue weighted by atomic mass is 32.1. The molecule has 1 aliphatic heterocycles. The van der Waals surface area contributed by atoms with Gasteiger partial charge in [-0.25, -0.2) is 4.39 Å². The molecular weight excluding hydrogens is 285 g/mol. The van der Waals surface area contributed by atoms with E-state index < -0.39 is 0 Å². The first-order chi connectivity index (χ1) is 10.3. The van der Waals surface area contributed by atoms with Crippen LogP contribution in [0.2, 0.25) is 0 Å². The third kappa shape index (κ3) is 4.00. The molecule has 0 saturated carbocycles. The summed E-state index contributed by atoms with van der Waals surface area (Å²) in [6.07, 6.45) is 7.21. The molecule has 0 atom stereocenters. The van der Waals surface area contributed by atoms with Gasteiger partial charge in [-0.2, -0.15) is 0 Å². The van der Waals surface area contributed by atoms with E-state index in [2.05, 4.69) is 15.1 Å². The van der Waals surface area contributed by atoms with Crippen molar-refractivity contribution in [2.24, 2.45) is 0 Å². The number of rotatable bonds is 3. The Bertz CT molecular complexity index is 559. The lowest BCUT2D eigenvalue weighted by Crippen LogP contribution is -2.26. The Hall–Kier alpha value is -1.49. The minimum atomic E-state index is -0.197. The van der Waals surface area contributed by atoms with Crippen molar-refractivity contribution >= 4 is 16.5 Å². The van der Waals surface area contributed by atoms with Gasteiger partial charge in [0.15, 0.2) is 0 Å². The van der Waals surface area contributed by atoms with Gasteiger partial charge in [-0.15, -0.1) is 10.2 Å². The zero-order valence-corrected chi connectivity index (χ0v) is 12.9. The topological polar surface area (TPSA) is 29.0 Å². The van der Waals surface area contributed by atoms with E-state index in [9.17, 15) is 4.39 Å². The predicted octanol–water partition coefficient (Wildman–Crippen LogP) is 4.04. The maximum Gasteiger partial charge on any atom is 0.208 e. The molecule has 1 aromatic heterocycles. The van der Waals surface area contributed by atoms with Gasteiger partial charge in [-0.3, -0.25) is 0 Å². The average molecular weight is 305 g/mol. The van der Waals surface area contributed by atoms with Gasteiger partial charge in [0, 0.05) is 19.5 Å². The molecule has 2 aromatic rings. The number of hydrogen-bond acceptors (Lipinski definition) is 4. The van der Waals surface area contributed by atoms with Crippen molar-refractivity contribution in [3.63, 3.8) is 0 Å². The van der Waals surface area contributed by atoms with Crippen LogP contribution in [0.3, 0.4) is 0 Å². The van der Waals surface area contributed by atoms with Crippen LogP contribution >= 0.6 is 11.3 Å². The van der Waals surface area contributed by atoms with Gasteiger partial charge < -0.3 is 4.90 Å². The lowest BCUT2D eigenvalue weighted by atomic mass is 10.1. The summed E-state index contributed by atoms with van der Waals surface area (Å²) < 4.78 is 12.9. The van der Waals surface area contributed by atoms with Crippen molar-refractivity contribution < 1.29 is 4.39 Å². The summed E-state index contributed by atoms with van der Waals surface area (Å²) in [6.45, 7) is 2.18. The predicted molar refractivity (Wildman–Crippen MR) is 84.4 cm³/mol. The fraction of sp³-hybridized carbons (Fsp3) is 0.500. The van der Waals surface area contributed by atoms with Crippen molar-refractivity contribution in [2.75, 3.05) is 18.0 Å². The second-order valence-corrected chi connectivity index (χ2v) is 6.58. The summed E-state index contributed by atoms with van der Waals surface area (Å²) in [5.74, 6) is -0.197. The van der Waals surface area contributed by atoms with Crippen molar-refractivity contribution in [1.29, 1.82) is 0 Å². The molecule has 5 heteroatoms. The van der Waals surface area contributed by atoms with Gasteiger partial charge in [-0.1, -0.05) is 42.7 Å². The molecule has 112 valence electrons. The Balaban J connectivity index is 1.66. The molecule has 0 amide bonds. The van der Waals surface area contributed by atoms with E-state index in [0.29, 0.717) is 0 Å². The molecule has 1 aliphatic rings. The Morgan fingerprint density at radius 3 is 2.33 bits per heavy atom. The molecule has 0 aliphatic carbocycles. The van der Waals surface area contributed by atoms with E-state index in [4.69, 9.17) is 0 Å². The van der Waals surface area contributed by atoms with Gasteiger partial charge in [0.2, 0.25) is 5.13 Å². The van der Waals surface area contributed by atoms with Gasteiger partial charge >= 0.3 is 0 Å². The van der Waals surface area contributed by atoms with Gasteiger partial charge in [0.1, 0.15) is 10.8 Å². The quantitative estimate of drug-likeness (QED) is 0.857. The molecule has 0 radical (unpaired) electrons. The Labute approximate surface area is 128 Å². The highest BCUT2D eigenvalue weighted by Gasteiger charge is 2.14. The molecular formula is C16H20FN3S. The highest BCUT2D eigenvalue weighted by molar-refractivity contribution is 7.15. The molecule has 0 unspecified atom stereocenters. The summed E-state index contributed by atoms with van der Waals surface area (Å²) in [5.41, 5.74) is 1.08. The first-order valence-corrected chi connectivity index (χ1v) is 8.45. The molecule has 2 heterocycles. The van der Waals surface area contributed by atoms with Crippen LogP contribution in [-0.2, 0) is 6.42 Å². The van der Waals surface area contributed by atoms with E-state index >= 15 is 0 Å². The third-order valence-electron chi connectivity index (χ3n) is 3.85. The first-order valence-electron chi connectivity index (χ1n) is 7.63. The van der Waals surface area contributed by atoms with Crippen LogP contribution < -0.4 is 4.90 Å². The molecule has 3 nitrogen and oxygen atoms in total. The standard InChI is InChI=1S/C16H20FN3S/c17-14-8-6-13(7-9-14)12-15-18-19-16(21-15)20-10-4-2-1-3-5-11-20/h6-9H,1-5,10-12H2. The van der Waals surface area contributed by atoms with Gasteiger partial charge in [0.25, 0.3) is 0 Å².